The Morgan fingerprint density at radius 2 is 1.39 bits per heavy atom. The molecule has 0 aliphatic rings. The maximum Gasteiger partial charge on any atom is 0.534 e. The van der Waals surface area contributed by atoms with Crippen LogP contribution in [0.2, 0.25) is 0 Å². The summed E-state index contributed by atoms with van der Waals surface area (Å²) < 4.78 is 63.1. The van der Waals surface area contributed by atoms with E-state index in [0.717, 1.165) is 0 Å². The summed E-state index contributed by atoms with van der Waals surface area (Å²) in [4.78, 5) is 0. The van der Waals surface area contributed by atoms with E-state index in [2.05, 4.69) is 4.18 Å². The summed E-state index contributed by atoms with van der Waals surface area (Å²) >= 11 is 0. The van der Waals surface area contributed by atoms with Crippen LogP contribution >= 0.6 is 0 Å². The quantitative estimate of drug-likeness (QED) is 0.618. The second kappa shape index (κ2) is 4.46. The van der Waals surface area contributed by atoms with E-state index in [0.29, 0.717) is 22.3 Å². The lowest BCUT2D eigenvalue weighted by molar-refractivity contribution is -0.0500. The van der Waals surface area contributed by atoms with Crippen LogP contribution in [0.4, 0.5) is 13.2 Å². The summed E-state index contributed by atoms with van der Waals surface area (Å²) in [5.74, 6) is -0.246. The van der Waals surface area contributed by atoms with E-state index in [1.807, 2.05) is 0 Å². The molecule has 0 saturated heterocycles. The molecule has 0 aromatic heterocycles. The monoisotopic (exact) mass is 282 g/mol. The van der Waals surface area contributed by atoms with E-state index >= 15 is 0 Å². The lowest BCUT2D eigenvalue weighted by Gasteiger charge is -2.16. The van der Waals surface area contributed by atoms with Crippen LogP contribution in [0.5, 0.6) is 5.75 Å². The van der Waals surface area contributed by atoms with Gasteiger partial charge < -0.3 is 4.18 Å². The minimum absolute atomic E-state index is 0.246. The van der Waals surface area contributed by atoms with Crippen LogP contribution in [0.3, 0.4) is 0 Å². The van der Waals surface area contributed by atoms with Crippen LogP contribution in [-0.4, -0.2) is 13.9 Å². The second-order valence-corrected chi connectivity index (χ2v) is 5.61. The zero-order valence-electron chi connectivity index (χ0n) is 10.3. The van der Waals surface area contributed by atoms with Gasteiger partial charge in [0.05, 0.1) is 0 Å². The fourth-order valence-electron chi connectivity index (χ4n) is 1.46. The fraction of sp³-hybridized carbons (Fsp3) is 0.455. The average Bonchev–Trinajstić information content (AvgIpc) is 2.20. The van der Waals surface area contributed by atoms with Crippen molar-refractivity contribution in [3.05, 3.63) is 28.3 Å². The van der Waals surface area contributed by atoms with Gasteiger partial charge in [-0.2, -0.15) is 21.6 Å². The van der Waals surface area contributed by atoms with Gasteiger partial charge in [0.1, 0.15) is 5.75 Å². The van der Waals surface area contributed by atoms with Gasteiger partial charge in [0, 0.05) is 0 Å². The summed E-state index contributed by atoms with van der Waals surface area (Å²) in [5, 5.41) is 0. The van der Waals surface area contributed by atoms with Gasteiger partial charge >= 0.3 is 15.6 Å². The largest absolute Gasteiger partial charge is 0.534 e. The fourth-order valence-corrected chi connectivity index (χ4v) is 2.03. The van der Waals surface area contributed by atoms with Gasteiger partial charge in [-0.3, -0.25) is 0 Å². The van der Waals surface area contributed by atoms with Crippen molar-refractivity contribution in [2.75, 3.05) is 0 Å². The highest BCUT2D eigenvalue weighted by atomic mass is 32.2. The third-order valence-electron chi connectivity index (χ3n) is 2.77. The van der Waals surface area contributed by atoms with E-state index in [1.54, 1.807) is 19.9 Å². The molecule has 0 fully saturated rings. The zero-order chi connectivity index (χ0) is 14.3. The summed E-state index contributed by atoms with van der Waals surface area (Å²) in [6.45, 7) is 6.38. The Morgan fingerprint density at radius 1 is 1.00 bits per heavy atom. The molecule has 18 heavy (non-hydrogen) atoms. The van der Waals surface area contributed by atoms with Gasteiger partial charge in [0.15, 0.2) is 0 Å². The highest BCUT2D eigenvalue weighted by Crippen LogP contribution is 2.33. The van der Waals surface area contributed by atoms with Crippen LogP contribution in [0.25, 0.3) is 0 Å². The first-order valence-corrected chi connectivity index (χ1v) is 6.46. The average molecular weight is 282 g/mol. The van der Waals surface area contributed by atoms with Crippen molar-refractivity contribution in [1.29, 1.82) is 0 Å². The molecule has 3 nitrogen and oxygen atoms in total. The number of halogens is 3. The second-order valence-electron chi connectivity index (χ2n) is 4.07. The smallest absolute Gasteiger partial charge is 0.375 e. The zero-order valence-corrected chi connectivity index (χ0v) is 11.2. The molecule has 0 heterocycles. The Bertz CT molecular complexity index is 548. The lowest BCUT2D eigenvalue weighted by Crippen LogP contribution is -2.28. The van der Waals surface area contributed by atoms with E-state index in [-0.39, 0.29) is 5.75 Å². The molecule has 1 aromatic rings. The van der Waals surface area contributed by atoms with Gasteiger partial charge in [-0.1, -0.05) is 6.07 Å². The Morgan fingerprint density at radius 3 is 1.72 bits per heavy atom. The van der Waals surface area contributed by atoms with Crippen LogP contribution in [-0.2, 0) is 10.1 Å². The number of alkyl halides is 3. The predicted molar refractivity (Wildman–Crippen MR) is 61.0 cm³/mol. The van der Waals surface area contributed by atoms with E-state index in [4.69, 9.17) is 0 Å². The molecule has 0 aliphatic carbocycles. The SMILES string of the molecule is Cc1cc(C)c(C)c(OS(=O)(=O)C(F)(F)F)c1C. The molecule has 0 N–H and O–H groups in total. The minimum Gasteiger partial charge on any atom is -0.375 e. The molecule has 1 rings (SSSR count). The standard InChI is InChI=1S/C11H13F3O3S/c1-6-5-7(2)9(4)10(8(6)3)17-18(15,16)11(12,13)14/h5H,1-4H3. The predicted octanol–water partition coefficient (Wildman–Crippen LogP) is 3.15. The Kier molecular flexibility index (Phi) is 3.67. The molecule has 0 saturated carbocycles. The summed E-state index contributed by atoms with van der Waals surface area (Å²) in [6.07, 6.45) is 0. The maximum absolute atomic E-state index is 12.3. The molecular formula is C11H13F3O3S. The van der Waals surface area contributed by atoms with Crippen LogP contribution in [0.15, 0.2) is 6.07 Å². The summed E-state index contributed by atoms with van der Waals surface area (Å²) in [6, 6.07) is 1.76. The minimum atomic E-state index is -5.63. The van der Waals surface area contributed by atoms with Crippen molar-refractivity contribution in [2.45, 2.75) is 33.2 Å². The molecule has 1 aromatic carbocycles. The number of aryl methyl sites for hydroxylation is 2. The normalized spacial score (nSPS) is 12.6. The maximum atomic E-state index is 12.3. The first kappa shape index (κ1) is 14.8. The molecule has 0 aliphatic heterocycles. The lowest BCUT2D eigenvalue weighted by atomic mass is 10.0. The molecule has 0 bridgehead atoms. The van der Waals surface area contributed by atoms with Crippen molar-refractivity contribution in [1.82, 2.24) is 0 Å². The molecule has 0 unspecified atom stereocenters. The molecule has 0 amide bonds. The van der Waals surface area contributed by atoms with Gasteiger partial charge in [-0.05, 0) is 49.9 Å². The van der Waals surface area contributed by atoms with E-state index < -0.39 is 15.6 Å². The van der Waals surface area contributed by atoms with Crippen molar-refractivity contribution in [2.24, 2.45) is 0 Å². The van der Waals surface area contributed by atoms with Crippen LogP contribution < -0.4 is 4.18 Å². The van der Waals surface area contributed by atoms with Gasteiger partial charge in [-0.15, -0.1) is 0 Å². The molecule has 102 valence electrons. The Balaban J connectivity index is 3.38. The van der Waals surface area contributed by atoms with E-state index in [9.17, 15) is 21.6 Å². The molecule has 0 atom stereocenters. The third-order valence-corrected chi connectivity index (χ3v) is 3.73. The van der Waals surface area contributed by atoms with Crippen molar-refractivity contribution in [3.8, 4) is 5.75 Å². The van der Waals surface area contributed by atoms with Crippen molar-refractivity contribution >= 4 is 10.1 Å². The number of hydrogen-bond donors (Lipinski definition) is 0. The van der Waals surface area contributed by atoms with Gasteiger partial charge in [0.2, 0.25) is 0 Å². The molecule has 7 heteroatoms. The number of hydrogen-bond acceptors (Lipinski definition) is 3. The number of benzene rings is 1. The highest BCUT2D eigenvalue weighted by Gasteiger charge is 2.49. The summed E-state index contributed by atoms with van der Waals surface area (Å²) in [5.41, 5.74) is -3.32. The van der Waals surface area contributed by atoms with Crippen molar-refractivity contribution < 1.29 is 25.8 Å². The molecule has 0 radical (unpaired) electrons. The highest BCUT2D eigenvalue weighted by molar-refractivity contribution is 7.88. The molecule has 0 spiro atoms. The first-order chi connectivity index (χ1) is 7.97. The van der Waals surface area contributed by atoms with Crippen molar-refractivity contribution in [3.63, 3.8) is 0 Å². The van der Waals surface area contributed by atoms with Crippen LogP contribution in [0, 0.1) is 27.7 Å². The third kappa shape index (κ3) is 2.60. The molecular weight excluding hydrogens is 269 g/mol. The van der Waals surface area contributed by atoms with E-state index in [1.165, 1.54) is 13.8 Å². The van der Waals surface area contributed by atoms with Crippen LogP contribution in [0.1, 0.15) is 22.3 Å². The van der Waals surface area contributed by atoms with Gasteiger partial charge in [-0.25, -0.2) is 0 Å². The topological polar surface area (TPSA) is 43.4 Å². The summed E-state index contributed by atoms with van der Waals surface area (Å²) in [7, 11) is -5.63. The Labute approximate surface area is 104 Å². The van der Waals surface area contributed by atoms with Gasteiger partial charge in [0.25, 0.3) is 0 Å². The first-order valence-electron chi connectivity index (χ1n) is 5.05. The Hall–Kier alpha value is -1.24. The number of rotatable bonds is 2.